The summed E-state index contributed by atoms with van der Waals surface area (Å²) in [4.78, 5) is 10.3. The van der Waals surface area contributed by atoms with Gasteiger partial charge in [0.1, 0.15) is 0 Å². The number of hydrogen-bond donors (Lipinski definition) is 3. The number of rotatable bonds is 6. The third-order valence-corrected chi connectivity index (χ3v) is 2.57. The number of non-ortho nitro benzene ring substituents is 1. The van der Waals surface area contributed by atoms with Crippen molar-refractivity contribution in [3.63, 3.8) is 0 Å². The lowest BCUT2D eigenvalue weighted by Gasteiger charge is -2.23. The van der Waals surface area contributed by atoms with Gasteiger partial charge < -0.3 is 15.5 Å². The van der Waals surface area contributed by atoms with E-state index in [4.69, 9.17) is 10.6 Å². The molecule has 0 aliphatic rings. The molecule has 1 aromatic rings. The molecule has 0 fully saturated rings. The summed E-state index contributed by atoms with van der Waals surface area (Å²) in [7, 11) is 1.61. The van der Waals surface area contributed by atoms with Crippen molar-refractivity contribution in [2.24, 2.45) is 5.84 Å². The van der Waals surface area contributed by atoms with E-state index >= 15 is 0 Å². The molecular formula is C11H18N4O3. The maximum atomic E-state index is 10.8. The Bertz CT molecular complexity index is 434. The summed E-state index contributed by atoms with van der Waals surface area (Å²) in [5.74, 6) is 5.27. The molecule has 0 saturated carbocycles. The number of nitrogen functional groups attached to an aromatic ring is 1. The van der Waals surface area contributed by atoms with Crippen molar-refractivity contribution >= 4 is 17.1 Å². The van der Waals surface area contributed by atoms with Crippen LogP contribution in [0.15, 0.2) is 18.2 Å². The number of nitro benzene ring substituents is 1. The van der Waals surface area contributed by atoms with Gasteiger partial charge in [-0.05, 0) is 19.9 Å². The smallest absolute Gasteiger partial charge is 0.273 e. The van der Waals surface area contributed by atoms with Gasteiger partial charge in [0, 0.05) is 31.5 Å². The average molecular weight is 254 g/mol. The Morgan fingerprint density at radius 1 is 1.39 bits per heavy atom. The minimum atomic E-state index is -0.465. The molecular weight excluding hydrogens is 236 g/mol. The van der Waals surface area contributed by atoms with E-state index in [1.807, 2.05) is 13.8 Å². The zero-order valence-electron chi connectivity index (χ0n) is 10.7. The molecule has 0 saturated heterocycles. The minimum absolute atomic E-state index is 0.0248. The molecule has 100 valence electrons. The molecule has 0 amide bonds. The highest BCUT2D eigenvalue weighted by Crippen LogP contribution is 2.24. The number of anilines is 2. The molecule has 0 atom stereocenters. The topological polar surface area (TPSA) is 102 Å². The van der Waals surface area contributed by atoms with Crippen LogP contribution in [0, 0.1) is 10.1 Å². The first-order valence-corrected chi connectivity index (χ1v) is 5.43. The Hall–Kier alpha value is -1.86. The normalized spacial score (nSPS) is 11.1. The monoisotopic (exact) mass is 254 g/mol. The summed E-state index contributed by atoms with van der Waals surface area (Å²) in [5.41, 5.74) is 3.10. The summed E-state index contributed by atoms with van der Waals surface area (Å²) >= 11 is 0. The van der Waals surface area contributed by atoms with E-state index in [0.717, 1.165) is 0 Å². The minimum Gasteiger partial charge on any atom is -0.382 e. The van der Waals surface area contributed by atoms with E-state index in [1.165, 1.54) is 12.1 Å². The van der Waals surface area contributed by atoms with Crippen LogP contribution in [0.4, 0.5) is 17.1 Å². The Morgan fingerprint density at radius 2 is 2.00 bits per heavy atom. The molecule has 0 heterocycles. The number of hydrogen-bond acceptors (Lipinski definition) is 6. The zero-order chi connectivity index (χ0) is 13.8. The van der Waals surface area contributed by atoms with Gasteiger partial charge in [-0.25, -0.2) is 0 Å². The van der Waals surface area contributed by atoms with Gasteiger partial charge in [0.15, 0.2) is 0 Å². The molecule has 7 nitrogen and oxygen atoms in total. The van der Waals surface area contributed by atoms with Crippen LogP contribution in [0.5, 0.6) is 0 Å². The second-order valence-corrected chi connectivity index (χ2v) is 4.49. The van der Waals surface area contributed by atoms with Gasteiger partial charge in [0.2, 0.25) is 0 Å². The van der Waals surface area contributed by atoms with Crippen LogP contribution < -0.4 is 16.6 Å². The number of hydrazine groups is 1. The van der Waals surface area contributed by atoms with Crippen molar-refractivity contribution in [2.75, 3.05) is 24.4 Å². The number of benzene rings is 1. The molecule has 18 heavy (non-hydrogen) atoms. The average Bonchev–Trinajstić information content (AvgIpc) is 2.36. The SMILES string of the molecule is COC(C)(C)CNc1cc(NN)cc([N+](=O)[O-])c1. The first kappa shape index (κ1) is 14.2. The summed E-state index contributed by atoms with van der Waals surface area (Å²) in [6, 6.07) is 4.51. The molecule has 0 spiro atoms. The van der Waals surface area contributed by atoms with Crippen LogP contribution in [0.25, 0.3) is 0 Å². The molecule has 1 rings (SSSR count). The van der Waals surface area contributed by atoms with Gasteiger partial charge in [0.05, 0.1) is 16.2 Å². The largest absolute Gasteiger partial charge is 0.382 e. The lowest BCUT2D eigenvalue weighted by molar-refractivity contribution is -0.384. The third kappa shape index (κ3) is 3.86. The molecule has 0 aliphatic carbocycles. The summed E-state index contributed by atoms with van der Waals surface area (Å²) in [6.45, 7) is 4.35. The lowest BCUT2D eigenvalue weighted by Crippen LogP contribution is -2.32. The number of nitrogens with one attached hydrogen (secondary N) is 2. The van der Waals surface area contributed by atoms with Crippen LogP contribution in [-0.4, -0.2) is 24.2 Å². The van der Waals surface area contributed by atoms with E-state index < -0.39 is 4.92 Å². The standard InChI is InChI=1S/C11H18N4O3/c1-11(2,18-3)7-13-8-4-9(14-12)6-10(5-8)15(16)17/h4-6,13-14H,7,12H2,1-3H3. The maximum Gasteiger partial charge on any atom is 0.273 e. The summed E-state index contributed by atoms with van der Waals surface area (Å²) in [6.07, 6.45) is 0. The number of ether oxygens (including phenoxy) is 1. The van der Waals surface area contributed by atoms with E-state index in [0.29, 0.717) is 17.9 Å². The van der Waals surface area contributed by atoms with Gasteiger partial charge in [-0.2, -0.15) is 0 Å². The molecule has 1 aromatic carbocycles. The van der Waals surface area contributed by atoms with Crippen molar-refractivity contribution in [1.29, 1.82) is 0 Å². The summed E-state index contributed by atoms with van der Waals surface area (Å²) in [5, 5.41) is 13.8. The Kier molecular flexibility index (Phi) is 4.46. The van der Waals surface area contributed by atoms with Gasteiger partial charge in [0.25, 0.3) is 5.69 Å². The van der Waals surface area contributed by atoms with E-state index in [9.17, 15) is 10.1 Å². The van der Waals surface area contributed by atoms with Crippen LogP contribution >= 0.6 is 0 Å². The highest BCUT2D eigenvalue weighted by atomic mass is 16.6. The lowest BCUT2D eigenvalue weighted by atomic mass is 10.1. The number of nitrogens with zero attached hydrogens (tertiary/aromatic N) is 1. The fourth-order valence-corrected chi connectivity index (χ4v) is 1.29. The maximum absolute atomic E-state index is 10.8. The first-order chi connectivity index (χ1) is 8.38. The number of nitro groups is 1. The Morgan fingerprint density at radius 3 is 2.50 bits per heavy atom. The number of methoxy groups -OCH3 is 1. The van der Waals surface area contributed by atoms with Gasteiger partial charge in [-0.3, -0.25) is 16.0 Å². The third-order valence-electron chi connectivity index (χ3n) is 2.57. The molecule has 7 heteroatoms. The van der Waals surface area contributed by atoms with Crippen LogP contribution in [0.2, 0.25) is 0 Å². The van der Waals surface area contributed by atoms with Crippen molar-refractivity contribution in [2.45, 2.75) is 19.4 Å². The fourth-order valence-electron chi connectivity index (χ4n) is 1.29. The molecule has 0 aliphatic heterocycles. The van der Waals surface area contributed by atoms with E-state index in [2.05, 4.69) is 10.7 Å². The van der Waals surface area contributed by atoms with Crippen molar-refractivity contribution in [3.05, 3.63) is 28.3 Å². The van der Waals surface area contributed by atoms with Crippen LogP contribution in [-0.2, 0) is 4.74 Å². The van der Waals surface area contributed by atoms with Gasteiger partial charge in [-0.1, -0.05) is 0 Å². The second-order valence-electron chi connectivity index (χ2n) is 4.49. The van der Waals surface area contributed by atoms with Crippen LogP contribution in [0.1, 0.15) is 13.8 Å². The van der Waals surface area contributed by atoms with Gasteiger partial charge in [-0.15, -0.1) is 0 Å². The quantitative estimate of drug-likeness (QED) is 0.406. The first-order valence-electron chi connectivity index (χ1n) is 5.43. The Balaban J connectivity index is 2.88. The predicted octanol–water partition coefficient (Wildman–Crippen LogP) is 1.72. The molecule has 0 unspecified atom stereocenters. The van der Waals surface area contributed by atoms with Crippen molar-refractivity contribution in [1.82, 2.24) is 0 Å². The predicted molar refractivity (Wildman–Crippen MR) is 70.5 cm³/mol. The zero-order valence-corrected chi connectivity index (χ0v) is 10.7. The summed E-state index contributed by atoms with van der Waals surface area (Å²) < 4.78 is 5.26. The Labute approximate surface area is 105 Å². The van der Waals surface area contributed by atoms with E-state index in [1.54, 1.807) is 13.2 Å². The molecule has 0 radical (unpaired) electrons. The van der Waals surface area contributed by atoms with E-state index in [-0.39, 0.29) is 11.3 Å². The van der Waals surface area contributed by atoms with Crippen molar-refractivity contribution < 1.29 is 9.66 Å². The fraction of sp³-hybridized carbons (Fsp3) is 0.455. The molecule has 4 N–H and O–H groups in total. The highest BCUT2D eigenvalue weighted by Gasteiger charge is 2.17. The molecule has 0 bridgehead atoms. The number of nitrogens with two attached hydrogens (primary N) is 1. The molecule has 0 aromatic heterocycles. The highest BCUT2D eigenvalue weighted by molar-refractivity contribution is 5.63. The van der Waals surface area contributed by atoms with Crippen molar-refractivity contribution in [3.8, 4) is 0 Å². The second kappa shape index (κ2) is 5.65. The van der Waals surface area contributed by atoms with Gasteiger partial charge >= 0.3 is 0 Å². The van der Waals surface area contributed by atoms with Crippen LogP contribution in [0.3, 0.4) is 0 Å².